The second-order valence-electron chi connectivity index (χ2n) is 9.66. The monoisotopic (exact) mass is 466 g/mol. The summed E-state index contributed by atoms with van der Waals surface area (Å²) in [5.41, 5.74) is 10.0. The Morgan fingerprint density at radius 2 is 2.03 bits per heavy atom. The maximum absolute atomic E-state index is 6.63. The fourth-order valence-corrected chi connectivity index (χ4v) is 5.81. The minimum Gasteiger partial charge on any atom is -0.383 e. The SMILES string of the molecule is Cc1cnc2cc(CC[C@H]3C[C@@H](n4ccc5c(N)ncnc54)[C@@H]4OC(C)(C)O[C@H]34)c(Cl)cn12. The van der Waals surface area contributed by atoms with Gasteiger partial charge < -0.3 is 24.2 Å². The van der Waals surface area contributed by atoms with Crippen LogP contribution in [0.5, 0.6) is 0 Å². The largest absolute Gasteiger partial charge is 0.383 e. The highest BCUT2D eigenvalue weighted by Crippen LogP contribution is 2.49. The smallest absolute Gasteiger partial charge is 0.163 e. The molecule has 4 aromatic heterocycles. The summed E-state index contributed by atoms with van der Waals surface area (Å²) in [5.74, 6) is 0.202. The molecule has 5 heterocycles. The summed E-state index contributed by atoms with van der Waals surface area (Å²) in [5, 5.41) is 1.63. The van der Waals surface area contributed by atoms with Gasteiger partial charge in [0.1, 0.15) is 29.5 Å². The molecule has 172 valence electrons. The molecular formula is C24H27ClN6O2. The number of nitrogens with two attached hydrogens (primary N) is 1. The number of rotatable bonds is 4. The molecule has 1 saturated carbocycles. The lowest BCUT2D eigenvalue weighted by Crippen LogP contribution is -2.27. The van der Waals surface area contributed by atoms with Gasteiger partial charge in [0.2, 0.25) is 0 Å². The van der Waals surface area contributed by atoms with Crippen molar-refractivity contribution < 1.29 is 9.47 Å². The number of hydrogen-bond donors (Lipinski definition) is 1. The number of aryl methyl sites for hydroxylation is 2. The molecule has 4 aromatic rings. The Bertz CT molecular complexity index is 1360. The van der Waals surface area contributed by atoms with Gasteiger partial charge in [-0.15, -0.1) is 0 Å². The predicted octanol–water partition coefficient (Wildman–Crippen LogP) is 4.34. The number of pyridine rings is 1. The molecule has 0 aromatic carbocycles. The summed E-state index contributed by atoms with van der Waals surface area (Å²) in [6, 6.07) is 4.19. The normalized spacial score (nSPS) is 26.4. The number of aromatic nitrogens is 5. The van der Waals surface area contributed by atoms with Crippen LogP contribution in [0.2, 0.25) is 5.02 Å². The third-order valence-corrected chi connectivity index (χ3v) is 7.44. The number of anilines is 1. The van der Waals surface area contributed by atoms with Crippen molar-refractivity contribution in [1.82, 2.24) is 23.9 Å². The second-order valence-corrected chi connectivity index (χ2v) is 10.1. The van der Waals surface area contributed by atoms with Crippen molar-refractivity contribution in [3.05, 3.63) is 53.3 Å². The lowest BCUT2D eigenvalue weighted by molar-refractivity contribution is -0.160. The van der Waals surface area contributed by atoms with Crippen LogP contribution in [-0.2, 0) is 15.9 Å². The number of nitrogen functional groups attached to an aromatic ring is 1. The van der Waals surface area contributed by atoms with Crippen LogP contribution < -0.4 is 5.73 Å². The van der Waals surface area contributed by atoms with Crippen LogP contribution >= 0.6 is 11.6 Å². The molecule has 1 saturated heterocycles. The van der Waals surface area contributed by atoms with E-state index >= 15 is 0 Å². The van der Waals surface area contributed by atoms with E-state index in [1.807, 2.05) is 49.8 Å². The van der Waals surface area contributed by atoms with Gasteiger partial charge in [0.05, 0.1) is 22.6 Å². The molecule has 9 heteroatoms. The molecule has 2 N–H and O–H groups in total. The van der Waals surface area contributed by atoms with Crippen LogP contribution in [0.3, 0.4) is 0 Å². The quantitative estimate of drug-likeness (QED) is 0.481. The van der Waals surface area contributed by atoms with Gasteiger partial charge in [-0.1, -0.05) is 11.6 Å². The van der Waals surface area contributed by atoms with E-state index in [-0.39, 0.29) is 18.2 Å². The van der Waals surface area contributed by atoms with Crippen LogP contribution in [0.25, 0.3) is 16.7 Å². The van der Waals surface area contributed by atoms with Gasteiger partial charge in [0.15, 0.2) is 5.79 Å². The molecule has 6 rings (SSSR count). The topological polar surface area (TPSA) is 92.5 Å². The van der Waals surface area contributed by atoms with Crippen molar-refractivity contribution in [2.45, 2.75) is 64.1 Å². The Hall–Kier alpha value is -2.68. The van der Waals surface area contributed by atoms with Crippen molar-refractivity contribution in [2.75, 3.05) is 5.73 Å². The summed E-state index contributed by atoms with van der Waals surface area (Å²) in [6.45, 7) is 6.00. The van der Waals surface area contributed by atoms with E-state index in [2.05, 4.69) is 25.6 Å². The first kappa shape index (κ1) is 20.9. The molecule has 4 atom stereocenters. The number of nitrogens with zero attached hydrogens (tertiary/aromatic N) is 5. The molecule has 1 aliphatic carbocycles. The minimum atomic E-state index is -0.618. The number of imidazole rings is 1. The zero-order valence-electron chi connectivity index (χ0n) is 18.9. The molecule has 33 heavy (non-hydrogen) atoms. The standard InChI is InChI=1S/C24H27ClN6O2/c1-13-10-27-19-9-14(17(25)11-31(13)19)4-5-15-8-18(21-20(15)32-24(2,3)33-21)30-7-6-16-22(26)28-12-29-23(16)30/h6-7,9-12,15,18,20-21H,4-5,8H2,1-3H3,(H2,26,28,29)/t15-,18+,20+,21-/m0/s1. The molecule has 0 spiro atoms. The first-order valence-corrected chi connectivity index (χ1v) is 11.7. The Labute approximate surface area is 196 Å². The fraction of sp³-hybridized carbons (Fsp3) is 0.458. The molecule has 2 fully saturated rings. The van der Waals surface area contributed by atoms with Crippen molar-refractivity contribution >= 4 is 34.1 Å². The first-order chi connectivity index (χ1) is 15.8. The maximum atomic E-state index is 6.63. The van der Waals surface area contributed by atoms with E-state index in [9.17, 15) is 0 Å². The van der Waals surface area contributed by atoms with E-state index in [4.69, 9.17) is 26.8 Å². The first-order valence-electron chi connectivity index (χ1n) is 11.4. The van der Waals surface area contributed by atoms with Gasteiger partial charge in [-0.05, 0) is 63.6 Å². The van der Waals surface area contributed by atoms with E-state index in [0.717, 1.165) is 52.2 Å². The maximum Gasteiger partial charge on any atom is 0.163 e. The number of ether oxygens (including phenoxy) is 2. The molecule has 2 aliphatic rings. The van der Waals surface area contributed by atoms with Gasteiger partial charge in [-0.3, -0.25) is 0 Å². The van der Waals surface area contributed by atoms with Crippen molar-refractivity contribution in [3.63, 3.8) is 0 Å². The van der Waals surface area contributed by atoms with Gasteiger partial charge >= 0.3 is 0 Å². The summed E-state index contributed by atoms with van der Waals surface area (Å²) in [7, 11) is 0. The lowest BCUT2D eigenvalue weighted by atomic mass is 9.96. The Morgan fingerprint density at radius 1 is 1.21 bits per heavy atom. The lowest BCUT2D eigenvalue weighted by Gasteiger charge is -2.24. The van der Waals surface area contributed by atoms with Gasteiger partial charge in [-0.2, -0.15) is 0 Å². The van der Waals surface area contributed by atoms with Crippen LogP contribution in [0.1, 0.15) is 44.0 Å². The van der Waals surface area contributed by atoms with Gasteiger partial charge in [0.25, 0.3) is 0 Å². The second kappa shape index (κ2) is 7.41. The molecule has 0 radical (unpaired) electrons. The van der Waals surface area contributed by atoms with E-state index in [1.54, 1.807) is 0 Å². The van der Waals surface area contributed by atoms with E-state index < -0.39 is 5.79 Å². The minimum absolute atomic E-state index is 0.0119. The van der Waals surface area contributed by atoms with Crippen molar-refractivity contribution in [3.8, 4) is 0 Å². The zero-order chi connectivity index (χ0) is 22.9. The third-order valence-electron chi connectivity index (χ3n) is 7.10. The Morgan fingerprint density at radius 3 is 2.88 bits per heavy atom. The highest BCUT2D eigenvalue weighted by Gasteiger charge is 2.54. The number of hydrogen-bond acceptors (Lipinski definition) is 6. The van der Waals surface area contributed by atoms with E-state index in [1.165, 1.54) is 6.33 Å². The van der Waals surface area contributed by atoms with Crippen LogP contribution in [0, 0.1) is 12.8 Å². The summed E-state index contributed by atoms with van der Waals surface area (Å²) < 4.78 is 17.0. The fourth-order valence-electron chi connectivity index (χ4n) is 5.56. The zero-order valence-corrected chi connectivity index (χ0v) is 19.7. The highest BCUT2D eigenvalue weighted by molar-refractivity contribution is 6.31. The van der Waals surface area contributed by atoms with Crippen molar-refractivity contribution in [1.29, 1.82) is 0 Å². The van der Waals surface area contributed by atoms with Crippen LogP contribution in [0.15, 0.2) is 37.1 Å². The highest BCUT2D eigenvalue weighted by atomic mass is 35.5. The molecular weight excluding hydrogens is 440 g/mol. The molecule has 0 bridgehead atoms. The van der Waals surface area contributed by atoms with Gasteiger partial charge in [-0.25, -0.2) is 15.0 Å². The average Bonchev–Trinajstić information content (AvgIpc) is 3.50. The summed E-state index contributed by atoms with van der Waals surface area (Å²) in [6.07, 6.45) is 10.1. The third kappa shape index (κ3) is 3.39. The number of halogens is 1. The van der Waals surface area contributed by atoms with Crippen LogP contribution in [-0.4, -0.2) is 41.9 Å². The summed E-state index contributed by atoms with van der Waals surface area (Å²) in [4.78, 5) is 13.1. The molecule has 0 amide bonds. The molecule has 8 nitrogen and oxygen atoms in total. The Kier molecular flexibility index (Phi) is 4.69. The Balaban J connectivity index is 1.29. The molecule has 1 aliphatic heterocycles. The molecule has 0 unspecified atom stereocenters. The average molecular weight is 467 g/mol. The van der Waals surface area contributed by atoms with Crippen molar-refractivity contribution in [2.24, 2.45) is 5.92 Å². The summed E-state index contributed by atoms with van der Waals surface area (Å²) >= 11 is 6.63. The van der Waals surface area contributed by atoms with Gasteiger partial charge in [0, 0.05) is 24.3 Å². The predicted molar refractivity (Wildman–Crippen MR) is 126 cm³/mol. The van der Waals surface area contributed by atoms with E-state index in [0.29, 0.717) is 11.7 Å². The van der Waals surface area contributed by atoms with Crippen LogP contribution in [0.4, 0.5) is 5.82 Å². The number of fused-ring (bicyclic) bond motifs is 3.